The number of benzene rings is 3. The van der Waals surface area contributed by atoms with E-state index in [4.69, 9.17) is 25.5 Å². The Morgan fingerprint density at radius 2 is 1.83 bits per heavy atom. The Kier molecular flexibility index (Phi) is 8.40. The number of nitrogens with zero attached hydrogens (tertiary/aromatic N) is 7. The number of hydrogen-bond acceptors (Lipinski definition) is 9. The van der Waals surface area contributed by atoms with E-state index >= 15 is 8.78 Å². The Morgan fingerprint density at radius 1 is 1.03 bits per heavy atom. The van der Waals surface area contributed by atoms with E-state index in [0.29, 0.717) is 48.0 Å². The second-order valence-electron chi connectivity index (χ2n) is 16.1. The minimum Gasteiger partial charge on any atom is -0.508 e. The van der Waals surface area contributed by atoms with Crippen molar-refractivity contribution in [3.63, 3.8) is 0 Å². The third-order valence-corrected chi connectivity index (χ3v) is 12.5. The van der Waals surface area contributed by atoms with Crippen LogP contribution in [0.3, 0.4) is 0 Å². The summed E-state index contributed by atoms with van der Waals surface area (Å²) in [6.45, 7) is 2.14. The summed E-state index contributed by atoms with van der Waals surface area (Å²) >= 11 is 0. The smallest absolute Gasteiger partial charge is 0.449 e. The van der Waals surface area contributed by atoms with Gasteiger partial charge in [0, 0.05) is 67.7 Å². The summed E-state index contributed by atoms with van der Waals surface area (Å²) in [6.07, 6.45) is 5.38. The van der Waals surface area contributed by atoms with Gasteiger partial charge in [-0.25, -0.2) is 13.2 Å². The lowest BCUT2D eigenvalue weighted by molar-refractivity contribution is -0.153. The molecule has 0 aliphatic carbocycles. The Bertz CT molecular complexity index is 2680. The number of phenolic OH excluding ortho intramolecular Hbond substituents is 1. The zero-order chi connectivity index (χ0) is 40.2. The molecule has 7 heterocycles. The molecule has 300 valence electrons. The van der Waals surface area contributed by atoms with Crippen LogP contribution in [0.25, 0.3) is 43.7 Å². The first-order valence-corrected chi connectivity index (χ1v) is 19.3. The molecule has 4 fully saturated rings. The van der Waals surface area contributed by atoms with Gasteiger partial charge < -0.3 is 19.2 Å². The average molecular weight is 802 g/mol. The number of alkyl halides is 4. The molecule has 1 N–H and O–H groups in total. The number of piperazine rings is 1. The summed E-state index contributed by atoms with van der Waals surface area (Å²) in [5, 5.41) is 17.0. The second kappa shape index (κ2) is 13.3. The molecule has 4 saturated heterocycles. The number of anilines is 1. The van der Waals surface area contributed by atoms with Crippen molar-refractivity contribution in [1.29, 1.82) is 0 Å². The fourth-order valence-electron chi connectivity index (χ4n) is 10.1. The van der Waals surface area contributed by atoms with Crippen LogP contribution in [0.15, 0.2) is 47.0 Å². The van der Waals surface area contributed by atoms with Crippen LogP contribution in [-0.2, 0) is 19.8 Å². The van der Waals surface area contributed by atoms with Crippen LogP contribution in [0.4, 0.5) is 32.2 Å². The first kappa shape index (κ1) is 36.8. The van der Waals surface area contributed by atoms with Crippen LogP contribution in [0.2, 0.25) is 0 Å². The molecule has 10 rings (SSSR count). The van der Waals surface area contributed by atoms with Gasteiger partial charge >= 0.3 is 12.2 Å². The van der Waals surface area contributed by atoms with Crippen molar-refractivity contribution in [2.75, 3.05) is 37.7 Å². The van der Waals surface area contributed by atoms with Crippen LogP contribution in [0.5, 0.6) is 11.8 Å². The van der Waals surface area contributed by atoms with Gasteiger partial charge in [0.2, 0.25) is 5.76 Å². The lowest BCUT2D eigenvalue weighted by Crippen LogP contribution is -2.53. The number of aryl methyl sites for hydroxylation is 1. The molecule has 16 heteroatoms. The SMILES string of the molecule is C#Cc1c(F)ccc2cc(O)cc(-c3c(F)c4nc(OC[C@@]56CCCN5C[C@H](F)C6)nc(N5C[C@H]6CC[C@@H](C5)N6Cc5ccc(C(F)(F)F)o5)c4c4cn(C)nc34)c12. The lowest BCUT2D eigenvalue weighted by Gasteiger charge is -2.41. The molecular formula is C42H37F6N7O3. The molecular weight excluding hydrogens is 764 g/mol. The standard InChI is InChI=1S/C42H37F6N7O3/c1-3-28-31(44)9-5-22-13-26(56)14-29(33(22)28)34-36(45)38-35(30-20-52(2)51-37(30)34)39(50-40(49-38)57-21-41-11-4-12-54(41)16-23(43)15-41)53-17-24-6-7-25(18-53)55(24)19-27-8-10-32(58-27)42(46,47)48/h1,5,8-10,13-14,20,23-25,56H,4,6-7,11-12,15-19,21H2,2H3/t23-,24-,25+,41+/m1/s1. The van der Waals surface area contributed by atoms with E-state index < -0.39 is 35.3 Å². The Hall–Kier alpha value is -5.53. The molecule has 6 aromatic rings. The number of fused-ring (bicyclic) bond motifs is 7. The van der Waals surface area contributed by atoms with Crippen molar-refractivity contribution < 1.29 is 40.6 Å². The number of terminal acetylenes is 1. The van der Waals surface area contributed by atoms with E-state index in [0.717, 1.165) is 38.3 Å². The summed E-state index contributed by atoms with van der Waals surface area (Å²) in [7, 11) is 1.68. The van der Waals surface area contributed by atoms with Crippen LogP contribution in [0, 0.1) is 24.0 Å². The monoisotopic (exact) mass is 801 g/mol. The van der Waals surface area contributed by atoms with Gasteiger partial charge in [-0.15, -0.1) is 6.42 Å². The van der Waals surface area contributed by atoms with Crippen molar-refractivity contribution in [2.24, 2.45) is 7.05 Å². The predicted molar refractivity (Wildman–Crippen MR) is 203 cm³/mol. The molecule has 0 amide bonds. The van der Waals surface area contributed by atoms with E-state index in [1.165, 1.54) is 35.0 Å². The van der Waals surface area contributed by atoms with Gasteiger partial charge in [-0.2, -0.15) is 28.2 Å². The molecule has 4 aliphatic rings. The molecule has 4 aliphatic heterocycles. The van der Waals surface area contributed by atoms with E-state index in [9.17, 15) is 22.7 Å². The number of hydrogen-bond donors (Lipinski definition) is 1. The highest BCUT2D eigenvalue weighted by Crippen LogP contribution is 2.47. The van der Waals surface area contributed by atoms with Gasteiger partial charge in [0.25, 0.3) is 0 Å². The van der Waals surface area contributed by atoms with Crippen LogP contribution in [-0.4, -0.2) is 91.2 Å². The van der Waals surface area contributed by atoms with Crippen LogP contribution < -0.4 is 9.64 Å². The summed E-state index contributed by atoms with van der Waals surface area (Å²) in [5.41, 5.74) is -0.499. The third kappa shape index (κ3) is 5.84. The van der Waals surface area contributed by atoms with E-state index in [2.05, 4.69) is 20.8 Å². The van der Waals surface area contributed by atoms with Gasteiger partial charge in [-0.05, 0) is 73.5 Å². The van der Waals surface area contributed by atoms with Crippen molar-refractivity contribution in [3.05, 3.63) is 71.3 Å². The molecule has 3 aromatic heterocycles. The molecule has 3 aromatic carbocycles. The van der Waals surface area contributed by atoms with Gasteiger partial charge in [-0.3, -0.25) is 14.5 Å². The second-order valence-corrected chi connectivity index (χ2v) is 16.1. The number of rotatable bonds is 7. The van der Waals surface area contributed by atoms with Gasteiger partial charge in [0.05, 0.1) is 23.0 Å². The van der Waals surface area contributed by atoms with Gasteiger partial charge in [-0.1, -0.05) is 12.0 Å². The highest BCUT2D eigenvalue weighted by Gasteiger charge is 2.50. The van der Waals surface area contributed by atoms with Gasteiger partial charge in [0.1, 0.15) is 47.0 Å². The fourth-order valence-corrected chi connectivity index (χ4v) is 10.1. The minimum absolute atomic E-state index is 0.0557. The van der Waals surface area contributed by atoms with Crippen molar-refractivity contribution in [3.8, 4) is 35.2 Å². The zero-order valence-electron chi connectivity index (χ0n) is 31.3. The highest BCUT2D eigenvalue weighted by molar-refractivity contribution is 6.18. The van der Waals surface area contributed by atoms with Gasteiger partial charge in [0.15, 0.2) is 5.82 Å². The van der Waals surface area contributed by atoms with Crippen LogP contribution in [0.1, 0.15) is 49.2 Å². The van der Waals surface area contributed by atoms with Crippen LogP contribution >= 0.6 is 0 Å². The summed E-state index contributed by atoms with van der Waals surface area (Å²) < 4.78 is 101. The quantitative estimate of drug-likeness (QED) is 0.129. The van der Waals surface area contributed by atoms with Crippen molar-refractivity contribution in [1.82, 2.24) is 29.5 Å². The molecule has 0 saturated carbocycles. The summed E-state index contributed by atoms with van der Waals surface area (Å²) in [6, 6.07) is 7.40. The maximum Gasteiger partial charge on any atom is 0.449 e. The van der Waals surface area contributed by atoms with Crippen molar-refractivity contribution >= 4 is 38.4 Å². The zero-order valence-corrected chi connectivity index (χ0v) is 31.3. The highest BCUT2D eigenvalue weighted by atomic mass is 19.4. The molecule has 0 spiro atoms. The number of ether oxygens (including phenoxy) is 1. The summed E-state index contributed by atoms with van der Waals surface area (Å²) in [5.74, 6) is 0.229. The maximum absolute atomic E-state index is 17.8. The molecule has 10 nitrogen and oxygen atoms in total. The topological polar surface area (TPSA) is 95.9 Å². The van der Waals surface area contributed by atoms with E-state index in [1.54, 1.807) is 13.2 Å². The Labute approximate surface area is 328 Å². The molecule has 58 heavy (non-hydrogen) atoms. The molecule has 2 bridgehead atoms. The third-order valence-electron chi connectivity index (χ3n) is 12.5. The summed E-state index contributed by atoms with van der Waals surface area (Å²) in [4.78, 5) is 15.9. The largest absolute Gasteiger partial charge is 0.508 e. The predicted octanol–water partition coefficient (Wildman–Crippen LogP) is 7.72. The van der Waals surface area contributed by atoms with E-state index in [-0.39, 0.29) is 75.9 Å². The minimum atomic E-state index is -4.59. The number of halogens is 6. The first-order chi connectivity index (χ1) is 27.8. The molecule has 4 atom stereocenters. The van der Waals surface area contributed by atoms with Crippen molar-refractivity contribution in [2.45, 2.75) is 68.6 Å². The number of aromatic nitrogens is 4. The number of furan rings is 1. The Balaban J connectivity index is 1.13. The number of aromatic hydroxyl groups is 1. The molecule has 0 unspecified atom stereocenters. The first-order valence-electron chi connectivity index (χ1n) is 19.3. The number of phenols is 1. The Morgan fingerprint density at radius 3 is 2.57 bits per heavy atom. The average Bonchev–Trinajstić information content (AvgIpc) is 3.99. The fraction of sp³-hybridized carbons (Fsp3) is 0.405. The maximum atomic E-state index is 17.8. The normalized spacial score (nSPS) is 23.8. The van der Waals surface area contributed by atoms with E-state index in [1.807, 2.05) is 4.90 Å². The lowest BCUT2D eigenvalue weighted by atomic mass is 9.91. The molecule has 0 radical (unpaired) electrons.